The smallest absolute Gasteiger partial charge is 0.318 e. The van der Waals surface area contributed by atoms with Crippen LogP contribution < -0.4 is 5.32 Å². The highest BCUT2D eigenvalue weighted by atomic mass is 32.1. The molecule has 24 heavy (non-hydrogen) atoms. The third-order valence-corrected chi connectivity index (χ3v) is 5.40. The van der Waals surface area contributed by atoms with Crippen molar-refractivity contribution in [1.82, 2.24) is 20.3 Å². The van der Waals surface area contributed by atoms with Crippen molar-refractivity contribution in [3.63, 3.8) is 0 Å². The molecular weight excluding hydrogens is 324 g/mol. The number of carbonyl (C=O) groups excluding carboxylic acids is 1. The summed E-state index contributed by atoms with van der Waals surface area (Å²) in [5.74, 6) is 0.780. The number of nitrogens with one attached hydrogen (secondary N) is 1. The van der Waals surface area contributed by atoms with Gasteiger partial charge in [-0.1, -0.05) is 11.2 Å². The molecule has 2 aromatic heterocycles. The Bertz CT molecular complexity index is 668. The number of hydrogen-bond donors (Lipinski definition) is 1. The number of likely N-dealkylation sites (N-methyl/N-ethyl adjacent to an activating group) is 1. The average Bonchev–Trinajstić information content (AvgIpc) is 3.27. The van der Waals surface area contributed by atoms with Crippen LogP contribution in [0.1, 0.15) is 41.3 Å². The highest BCUT2D eigenvalue weighted by Gasteiger charge is 2.33. The van der Waals surface area contributed by atoms with Crippen molar-refractivity contribution in [3.05, 3.63) is 39.9 Å². The maximum absolute atomic E-state index is 12.7. The van der Waals surface area contributed by atoms with E-state index in [9.17, 15) is 4.79 Å². The van der Waals surface area contributed by atoms with Gasteiger partial charge in [-0.05, 0) is 45.3 Å². The van der Waals surface area contributed by atoms with Crippen molar-refractivity contribution in [3.8, 4) is 0 Å². The molecule has 0 saturated carbocycles. The lowest BCUT2D eigenvalue weighted by Crippen LogP contribution is -2.42. The van der Waals surface area contributed by atoms with Crippen molar-refractivity contribution < 1.29 is 9.32 Å². The molecule has 0 spiro atoms. The Labute approximate surface area is 146 Å². The molecule has 1 saturated heterocycles. The topological polar surface area (TPSA) is 61.6 Å². The molecule has 2 aromatic rings. The van der Waals surface area contributed by atoms with Gasteiger partial charge in [0.2, 0.25) is 0 Å². The summed E-state index contributed by atoms with van der Waals surface area (Å²) >= 11 is 1.71. The van der Waals surface area contributed by atoms with Crippen LogP contribution in [0.4, 0.5) is 4.79 Å². The van der Waals surface area contributed by atoms with Gasteiger partial charge in [0.15, 0.2) is 5.76 Å². The van der Waals surface area contributed by atoms with Crippen LogP contribution in [0, 0.1) is 6.92 Å². The maximum atomic E-state index is 12.7. The number of thiophene rings is 1. The Hall–Kier alpha value is -1.86. The second-order valence-corrected chi connectivity index (χ2v) is 7.38. The minimum Gasteiger partial charge on any atom is -0.359 e. The Morgan fingerprint density at radius 1 is 1.58 bits per heavy atom. The SMILES string of the molecule is Cc1cc([C@H]2CCCN2C(=O)NC[C@@H](c2cccs2)N(C)C)on1. The number of amides is 2. The van der Waals surface area contributed by atoms with Crippen molar-refractivity contribution >= 4 is 17.4 Å². The molecule has 1 aliphatic rings. The number of aryl methyl sites for hydroxylation is 1. The lowest BCUT2D eigenvalue weighted by molar-refractivity contribution is 0.178. The zero-order chi connectivity index (χ0) is 17.1. The van der Waals surface area contributed by atoms with E-state index in [1.807, 2.05) is 38.1 Å². The molecule has 7 heteroatoms. The van der Waals surface area contributed by atoms with E-state index in [4.69, 9.17) is 4.52 Å². The molecule has 2 amide bonds. The van der Waals surface area contributed by atoms with Gasteiger partial charge in [-0.25, -0.2) is 4.79 Å². The van der Waals surface area contributed by atoms with Gasteiger partial charge in [-0.15, -0.1) is 11.3 Å². The first-order valence-electron chi connectivity index (χ1n) is 8.24. The zero-order valence-corrected chi connectivity index (χ0v) is 15.2. The Kier molecular flexibility index (Phi) is 5.20. The van der Waals surface area contributed by atoms with Crippen LogP contribution >= 0.6 is 11.3 Å². The average molecular weight is 348 g/mol. The van der Waals surface area contributed by atoms with E-state index in [2.05, 4.69) is 26.8 Å². The number of likely N-dealkylation sites (tertiary alicyclic amines) is 1. The maximum Gasteiger partial charge on any atom is 0.318 e. The van der Waals surface area contributed by atoms with Crippen molar-refractivity contribution in [2.45, 2.75) is 31.8 Å². The number of rotatable bonds is 5. The van der Waals surface area contributed by atoms with E-state index < -0.39 is 0 Å². The Morgan fingerprint density at radius 2 is 2.42 bits per heavy atom. The van der Waals surface area contributed by atoms with Gasteiger partial charge in [0, 0.05) is 24.0 Å². The molecule has 2 atom stereocenters. The number of nitrogens with zero attached hydrogens (tertiary/aromatic N) is 3. The van der Waals surface area contributed by atoms with Gasteiger partial charge in [-0.3, -0.25) is 0 Å². The lowest BCUT2D eigenvalue weighted by atomic mass is 10.1. The zero-order valence-electron chi connectivity index (χ0n) is 14.4. The monoisotopic (exact) mass is 348 g/mol. The Morgan fingerprint density at radius 3 is 3.04 bits per heavy atom. The predicted octanol–water partition coefficient (Wildman–Crippen LogP) is 3.19. The molecule has 3 rings (SSSR count). The normalized spacial score (nSPS) is 19.0. The van der Waals surface area contributed by atoms with E-state index in [1.165, 1.54) is 4.88 Å². The molecule has 1 fully saturated rings. The summed E-state index contributed by atoms with van der Waals surface area (Å²) in [6.07, 6.45) is 1.91. The number of urea groups is 1. The third-order valence-electron chi connectivity index (χ3n) is 4.43. The fourth-order valence-electron chi connectivity index (χ4n) is 3.15. The van der Waals surface area contributed by atoms with Crippen LogP contribution in [0.15, 0.2) is 28.1 Å². The van der Waals surface area contributed by atoms with Crippen LogP contribution in [0.5, 0.6) is 0 Å². The highest BCUT2D eigenvalue weighted by Crippen LogP contribution is 2.32. The number of hydrogen-bond acceptors (Lipinski definition) is 5. The molecule has 1 aliphatic heterocycles. The third kappa shape index (κ3) is 3.62. The summed E-state index contributed by atoms with van der Waals surface area (Å²) in [4.78, 5) is 17.9. The van der Waals surface area contributed by atoms with Crippen LogP contribution in [0.25, 0.3) is 0 Å². The quantitative estimate of drug-likeness (QED) is 0.901. The summed E-state index contributed by atoms with van der Waals surface area (Å²) in [5, 5.41) is 9.10. The van der Waals surface area contributed by atoms with E-state index in [-0.39, 0.29) is 18.1 Å². The first-order chi connectivity index (χ1) is 11.6. The number of carbonyl (C=O) groups is 1. The van der Waals surface area contributed by atoms with Gasteiger partial charge in [0.1, 0.15) is 0 Å². The molecule has 130 valence electrons. The second-order valence-electron chi connectivity index (χ2n) is 6.40. The molecular formula is C17H24N4O2S. The highest BCUT2D eigenvalue weighted by molar-refractivity contribution is 7.10. The van der Waals surface area contributed by atoms with Crippen molar-refractivity contribution in [2.75, 3.05) is 27.2 Å². The standard InChI is InChI=1S/C17H24N4O2S/c1-12-10-15(23-19-12)13-6-4-8-21(13)17(22)18-11-14(20(2)3)16-7-5-9-24-16/h5,7,9-10,13-14H,4,6,8,11H2,1-3H3,(H,18,22)/t13-,14+/m1/s1. The molecule has 0 aromatic carbocycles. The first-order valence-corrected chi connectivity index (χ1v) is 9.11. The summed E-state index contributed by atoms with van der Waals surface area (Å²) in [6.45, 7) is 3.24. The van der Waals surface area contributed by atoms with Crippen LogP contribution in [0.2, 0.25) is 0 Å². The molecule has 0 bridgehead atoms. The summed E-state index contributed by atoms with van der Waals surface area (Å²) < 4.78 is 5.37. The van der Waals surface area contributed by atoms with Crippen LogP contribution in [-0.4, -0.2) is 48.2 Å². The van der Waals surface area contributed by atoms with Crippen LogP contribution in [0.3, 0.4) is 0 Å². The van der Waals surface area contributed by atoms with E-state index in [0.717, 1.165) is 30.8 Å². The summed E-state index contributed by atoms with van der Waals surface area (Å²) in [5.41, 5.74) is 0.850. The Balaban J connectivity index is 1.63. The predicted molar refractivity (Wildman–Crippen MR) is 94.1 cm³/mol. The van der Waals surface area contributed by atoms with Gasteiger partial charge in [0.25, 0.3) is 0 Å². The largest absolute Gasteiger partial charge is 0.359 e. The van der Waals surface area contributed by atoms with E-state index >= 15 is 0 Å². The van der Waals surface area contributed by atoms with Gasteiger partial charge < -0.3 is 19.6 Å². The molecule has 1 N–H and O–H groups in total. The molecule has 6 nitrogen and oxygen atoms in total. The van der Waals surface area contributed by atoms with Crippen LogP contribution in [-0.2, 0) is 0 Å². The molecule has 0 radical (unpaired) electrons. The van der Waals surface area contributed by atoms with Crippen molar-refractivity contribution in [2.24, 2.45) is 0 Å². The fourth-order valence-corrected chi connectivity index (χ4v) is 4.07. The van der Waals surface area contributed by atoms with Crippen molar-refractivity contribution in [1.29, 1.82) is 0 Å². The summed E-state index contributed by atoms with van der Waals surface area (Å²) in [6, 6.07) is 6.21. The number of aromatic nitrogens is 1. The van der Waals surface area contributed by atoms with Gasteiger partial charge in [0.05, 0.1) is 17.8 Å². The molecule has 0 aliphatic carbocycles. The van der Waals surface area contributed by atoms with Gasteiger partial charge in [-0.2, -0.15) is 0 Å². The molecule has 0 unspecified atom stereocenters. The van der Waals surface area contributed by atoms with E-state index in [1.54, 1.807) is 11.3 Å². The second kappa shape index (κ2) is 7.36. The fraction of sp³-hybridized carbons (Fsp3) is 0.529. The molecule has 3 heterocycles. The lowest BCUT2D eigenvalue weighted by Gasteiger charge is -2.27. The van der Waals surface area contributed by atoms with Gasteiger partial charge >= 0.3 is 6.03 Å². The minimum atomic E-state index is -0.0324. The first kappa shape index (κ1) is 17.0. The minimum absolute atomic E-state index is 0.00857. The van der Waals surface area contributed by atoms with E-state index in [0.29, 0.717) is 6.54 Å². The summed E-state index contributed by atoms with van der Waals surface area (Å²) in [7, 11) is 4.07.